The van der Waals surface area contributed by atoms with Gasteiger partial charge in [-0.3, -0.25) is 0 Å². The summed E-state index contributed by atoms with van der Waals surface area (Å²) in [6.45, 7) is 2.20. The van der Waals surface area contributed by atoms with Crippen molar-refractivity contribution in [3.63, 3.8) is 0 Å². The van der Waals surface area contributed by atoms with E-state index in [0.717, 1.165) is 18.4 Å². The van der Waals surface area contributed by atoms with Crippen molar-refractivity contribution >= 4 is 23.2 Å². The van der Waals surface area contributed by atoms with Crippen molar-refractivity contribution in [2.24, 2.45) is 5.92 Å². The minimum Gasteiger partial charge on any atom is -0.495 e. The molecule has 4 heteroatoms. The average Bonchev–Trinajstić information content (AvgIpc) is 2.29. The number of hydrogen-bond donors (Lipinski definition) is 1. The fourth-order valence-corrected chi connectivity index (χ4v) is 2.03. The van der Waals surface area contributed by atoms with Crippen molar-refractivity contribution in [1.29, 1.82) is 0 Å². The van der Waals surface area contributed by atoms with Crippen LogP contribution in [0.4, 0.5) is 0 Å². The molecule has 90 valence electrons. The Kier molecular flexibility index (Phi) is 5.39. The Labute approximate surface area is 106 Å². The highest BCUT2D eigenvalue weighted by Crippen LogP contribution is 2.32. The maximum absolute atomic E-state index is 9.15. The van der Waals surface area contributed by atoms with Gasteiger partial charge in [-0.25, -0.2) is 0 Å². The summed E-state index contributed by atoms with van der Waals surface area (Å²) in [6.07, 6.45) is 1.64. The maximum atomic E-state index is 9.15. The van der Waals surface area contributed by atoms with E-state index in [1.54, 1.807) is 19.2 Å². The van der Waals surface area contributed by atoms with Crippen molar-refractivity contribution in [3.05, 3.63) is 27.7 Å². The summed E-state index contributed by atoms with van der Waals surface area (Å²) in [5.41, 5.74) is 0.952. The van der Waals surface area contributed by atoms with E-state index >= 15 is 0 Å². The highest BCUT2D eigenvalue weighted by Gasteiger charge is 2.12. The van der Waals surface area contributed by atoms with Gasteiger partial charge in [0.05, 0.1) is 12.1 Å². The van der Waals surface area contributed by atoms with Gasteiger partial charge in [-0.15, -0.1) is 0 Å². The molecule has 1 aromatic rings. The fraction of sp³-hybridized carbons (Fsp3) is 0.500. The molecular formula is C12H16Cl2O2. The van der Waals surface area contributed by atoms with Gasteiger partial charge in [0.15, 0.2) is 0 Å². The van der Waals surface area contributed by atoms with E-state index in [-0.39, 0.29) is 12.5 Å². The number of halogens is 2. The predicted molar refractivity (Wildman–Crippen MR) is 67.6 cm³/mol. The molecule has 1 rings (SSSR count). The van der Waals surface area contributed by atoms with Crippen LogP contribution >= 0.6 is 23.2 Å². The average molecular weight is 263 g/mol. The zero-order chi connectivity index (χ0) is 12.1. The minimum atomic E-state index is 0.163. The molecule has 0 fully saturated rings. The lowest BCUT2D eigenvalue weighted by Crippen LogP contribution is -2.08. The summed E-state index contributed by atoms with van der Waals surface area (Å²) in [5, 5.41) is 10.3. The van der Waals surface area contributed by atoms with Crippen molar-refractivity contribution < 1.29 is 9.84 Å². The van der Waals surface area contributed by atoms with Gasteiger partial charge in [0.25, 0.3) is 0 Å². The first-order valence-electron chi connectivity index (χ1n) is 5.25. The van der Waals surface area contributed by atoms with E-state index in [1.165, 1.54) is 0 Å². The van der Waals surface area contributed by atoms with E-state index in [2.05, 4.69) is 0 Å². The van der Waals surface area contributed by atoms with Crippen LogP contribution < -0.4 is 4.74 Å². The monoisotopic (exact) mass is 262 g/mol. The molecule has 0 aliphatic heterocycles. The molecule has 1 aromatic carbocycles. The Bertz CT molecular complexity index is 349. The molecule has 0 bridgehead atoms. The third kappa shape index (κ3) is 3.27. The second-order valence-electron chi connectivity index (χ2n) is 3.74. The summed E-state index contributed by atoms with van der Waals surface area (Å²) in [7, 11) is 1.56. The molecular weight excluding hydrogens is 247 g/mol. The van der Waals surface area contributed by atoms with Gasteiger partial charge in [-0.1, -0.05) is 36.5 Å². The first kappa shape index (κ1) is 13.6. The molecule has 0 amide bonds. The third-order valence-corrected chi connectivity index (χ3v) is 3.31. The number of methoxy groups -OCH3 is 1. The largest absolute Gasteiger partial charge is 0.495 e. The number of ether oxygens (including phenoxy) is 1. The number of benzene rings is 1. The van der Waals surface area contributed by atoms with E-state index in [4.69, 9.17) is 33.0 Å². The van der Waals surface area contributed by atoms with Gasteiger partial charge in [0.1, 0.15) is 5.75 Å². The van der Waals surface area contributed by atoms with Crippen LogP contribution in [0.1, 0.15) is 18.9 Å². The fourth-order valence-electron chi connectivity index (χ4n) is 1.53. The van der Waals surface area contributed by atoms with Gasteiger partial charge < -0.3 is 9.84 Å². The van der Waals surface area contributed by atoms with Crippen LogP contribution in [0.2, 0.25) is 10.0 Å². The summed E-state index contributed by atoms with van der Waals surface area (Å²) >= 11 is 12.1. The van der Waals surface area contributed by atoms with E-state index in [9.17, 15) is 0 Å². The first-order chi connectivity index (χ1) is 7.62. The molecule has 16 heavy (non-hydrogen) atoms. The lowest BCUT2D eigenvalue weighted by atomic mass is 9.98. The number of aliphatic hydroxyl groups is 1. The lowest BCUT2D eigenvalue weighted by Gasteiger charge is -2.14. The predicted octanol–water partition coefficient (Wildman–Crippen LogP) is 3.56. The summed E-state index contributed by atoms with van der Waals surface area (Å²) < 4.78 is 5.07. The zero-order valence-electron chi connectivity index (χ0n) is 9.46. The quantitative estimate of drug-likeness (QED) is 0.880. The van der Waals surface area contributed by atoms with Gasteiger partial charge >= 0.3 is 0 Å². The summed E-state index contributed by atoms with van der Waals surface area (Å²) in [5.74, 6) is 0.800. The molecule has 1 unspecified atom stereocenters. The van der Waals surface area contributed by atoms with Crippen LogP contribution in [0, 0.1) is 5.92 Å². The van der Waals surface area contributed by atoms with Crippen LogP contribution in [0.3, 0.4) is 0 Å². The lowest BCUT2D eigenvalue weighted by molar-refractivity contribution is 0.222. The molecule has 0 radical (unpaired) electrons. The molecule has 0 saturated heterocycles. The Balaban J connectivity index is 2.92. The summed E-state index contributed by atoms with van der Waals surface area (Å²) in [6, 6.07) is 3.52. The SMILES string of the molecule is CCC(CO)Cc1cc(Cl)c(OC)cc1Cl. The van der Waals surface area contributed by atoms with Crippen molar-refractivity contribution in [2.45, 2.75) is 19.8 Å². The van der Waals surface area contributed by atoms with Crippen LogP contribution in [0.25, 0.3) is 0 Å². The highest BCUT2D eigenvalue weighted by molar-refractivity contribution is 6.34. The van der Waals surface area contributed by atoms with Gasteiger partial charge in [0, 0.05) is 17.7 Å². The molecule has 2 nitrogen and oxygen atoms in total. The van der Waals surface area contributed by atoms with E-state index in [0.29, 0.717) is 15.8 Å². The Morgan fingerprint density at radius 3 is 2.50 bits per heavy atom. The zero-order valence-corrected chi connectivity index (χ0v) is 11.0. The maximum Gasteiger partial charge on any atom is 0.138 e. The molecule has 1 atom stereocenters. The second-order valence-corrected chi connectivity index (χ2v) is 4.55. The van der Waals surface area contributed by atoms with Gasteiger partial charge in [0.2, 0.25) is 0 Å². The first-order valence-corrected chi connectivity index (χ1v) is 6.00. The molecule has 0 spiro atoms. The van der Waals surface area contributed by atoms with E-state index in [1.807, 2.05) is 6.92 Å². The normalized spacial score (nSPS) is 12.6. The van der Waals surface area contributed by atoms with Crippen molar-refractivity contribution in [2.75, 3.05) is 13.7 Å². The van der Waals surface area contributed by atoms with E-state index < -0.39 is 0 Å². The van der Waals surface area contributed by atoms with Crippen molar-refractivity contribution in [3.8, 4) is 5.75 Å². The molecule has 0 aliphatic rings. The number of aliphatic hydroxyl groups excluding tert-OH is 1. The number of rotatable bonds is 5. The van der Waals surface area contributed by atoms with Crippen LogP contribution in [0.5, 0.6) is 5.75 Å². The topological polar surface area (TPSA) is 29.5 Å². The molecule has 0 saturated carbocycles. The molecule has 1 N–H and O–H groups in total. The van der Waals surface area contributed by atoms with Crippen LogP contribution in [-0.4, -0.2) is 18.8 Å². The van der Waals surface area contributed by atoms with Gasteiger partial charge in [-0.05, 0) is 24.0 Å². The molecule has 0 heterocycles. The third-order valence-electron chi connectivity index (χ3n) is 2.66. The van der Waals surface area contributed by atoms with Crippen LogP contribution in [0.15, 0.2) is 12.1 Å². The summed E-state index contributed by atoms with van der Waals surface area (Å²) in [4.78, 5) is 0. The smallest absolute Gasteiger partial charge is 0.138 e. The second kappa shape index (κ2) is 6.33. The minimum absolute atomic E-state index is 0.163. The number of hydrogen-bond acceptors (Lipinski definition) is 2. The highest BCUT2D eigenvalue weighted by atomic mass is 35.5. The Hall–Kier alpha value is -0.440. The molecule has 0 aliphatic carbocycles. The Morgan fingerprint density at radius 2 is 2.00 bits per heavy atom. The standard InChI is InChI=1S/C12H16Cl2O2/c1-3-8(7-15)4-9-5-11(14)12(16-2)6-10(9)13/h5-6,8,15H,3-4,7H2,1-2H3. The Morgan fingerprint density at radius 1 is 1.31 bits per heavy atom. The molecule has 0 aromatic heterocycles. The van der Waals surface area contributed by atoms with Crippen molar-refractivity contribution in [1.82, 2.24) is 0 Å². The van der Waals surface area contributed by atoms with Gasteiger partial charge in [-0.2, -0.15) is 0 Å². The van der Waals surface area contributed by atoms with Crippen LogP contribution in [-0.2, 0) is 6.42 Å².